The van der Waals surface area contributed by atoms with Gasteiger partial charge in [0.05, 0.1) is 5.75 Å². The molecule has 0 radical (unpaired) electrons. The zero-order valence-corrected chi connectivity index (χ0v) is 12.4. The fourth-order valence-corrected chi connectivity index (χ4v) is 2.63. The number of hydrogen-bond donors (Lipinski definition) is 1. The molecule has 19 heavy (non-hydrogen) atoms. The minimum atomic E-state index is -3.52. The third-order valence-corrected chi connectivity index (χ3v) is 5.18. The minimum absolute atomic E-state index is 0.226. The molecule has 1 N–H and O–H groups in total. The van der Waals surface area contributed by atoms with Crippen molar-refractivity contribution < 1.29 is 13.2 Å². The van der Waals surface area contributed by atoms with Crippen molar-refractivity contribution >= 4 is 33.0 Å². The quantitative estimate of drug-likeness (QED) is 0.850. The Morgan fingerprint density at radius 1 is 1.53 bits per heavy atom. The lowest BCUT2D eigenvalue weighted by atomic mass is 10.2. The van der Waals surface area contributed by atoms with Gasteiger partial charge in [0, 0.05) is 10.7 Å². The van der Waals surface area contributed by atoms with E-state index in [1.54, 1.807) is 25.1 Å². The molecular weight excluding hydrogens is 286 g/mol. The Hall–Kier alpha value is -1.33. The van der Waals surface area contributed by atoms with Crippen molar-refractivity contribution in [1.29, 1.82) is 0 Å². The predicted molar refractivity (Wildman–Crippen MR) is 78.3 cm³/mol. The SMILES string of the molecule is C=CCS(=O)(=O)C(C)C(=O)Nc1cccc(Cl)c1C. The number of rotatable bonds is 5. The lowest BCUT2D eigenvalue weighted by Crippen LogP contribution is -2.33. The Bertz CT molecular complexity index is 596. The van der Waals surface area contributed by atoms with Crippen molar-refractivity contribution in [2.75, 3.05) is 11.1 Å². The zero-order valence-electron chi connectivity index (χ0n) is 10.8. The molecule has 0 aromatic heterocycles. The number of carbonyl (C=O) groups excluding carboxylic acids is 1. The number of anilines is 1. The van der Waals surface area contributed by atoms with E-state index in [1.807, 2.05) is 0 Å². The Morgan fingerprint density at radius 3 is 2.74 bits per heavy atom. The van der Waals surface area contributed by atoms with Gasteiger partial charge < -0.3 is 5.32 Å². The van der Waals surface area contributed by atoms with Crippen molar-refractivity contribution in [2.24, 2.45) is 0 Å². The van der Waals surface area contributed by atoms with Crippen molar-refractivity contribution in [1.82, 2.24) is 0 Å². The summed E-state index contributed by atoms with van der Waals surface area (Å²) >= 11 is 5.93. The van der Waals surface area contributed by atoms with Gasteiger partial charge in [0.1, 0.15) is 5.25 Å². The van der Waals surface area contributed by atoms with Gasteiger partial charge in [0.2, 0.25) is 5.91 Å². The van der Waals surface area contributed by atoms with Crippen LogP contribution in [0.5, 0.6) is 0 Å². The first-order valence-corrected chi connectivity index (χ1v) is 7.77. The average molecular weight is 302 g/mol. The summed E-state index contributed by atoms with van der Waals surface area (Å²) in [6, 6.07) is 5.06. The van der Waals surface area contributed by atoms with Crippen molar-refractivity contribution in [2.45, 2.75) is 19.1 Å². The Labute approximate surface area is 118 Å². The second-order valence-corrected chi connectivity index (χ2v) is 6.94. The van der Waals surface area contributed by atoms with E-state index in [1.165, 1.54) is 13.0 Å². The topological polar surface area (TPSA) is 63.2 Å². The number of amides is 1. The van der Waals surface area contributed by atoms with Crippen LogP contribution in [0.4, 0.5) is 5.69 Å². The molecule has 0 bridgehead atoms. The summed E-state index contributed by atoms with van der Waals surface area (Å²) in [6.45, 7) is 6.48. The van der Waals surface area contributed by atoms with E-state index < -0.39 is 21.0 Å². The van der Waals surface area contributed by atoms with Crippen LogP contribution < -0.4 is 5.32 Å². The van der Waals surface area contributed by atoms with Crippen LogP contribution in [-0.2, 0) is 14.6 Å². The molecule has 1 aromatic rings. The predicted octanol–water partition coefficient (Wildman–Crippen LogP) is 2.58. The van der Waals surface area contributed by atoms with Crippen LogP contribution in [-0.4, -0.2) is 25.3 Å². The number of nitrogens with one attached hydrogen (secondary N) is 1. The average Bonchev–Trinajstić information content (AvgIpc) is 2.33. The van der Waals surface area contributed by atoms with Gasteiger partial charge in [-0.15, -0.1) is 6.58 Å². The van der Waals surface area contributed by atoms with Gasteiger partial charge in [-0.3, -0.25) is 4.79 Å². The molecule has 1 rings (SSSR count). The largest absolute Gasteiger partial charge is 0.325 e. The van der Waals surface area contributed by atoms with Gasteiger partial charge in [0.15, 0.2) is 9.84 Å². The lowest BCUT2D eigenvalue weighted by molar-refractivity contribution is -0.115. The van der Waals surface area contributed by atoms with Crippen LogP contribution in [0.25, 0.3) is 0 Å². The minimum Gasteiger partial charge on any atom is -0.325 e. The molecule has 104 valence electrons. The number of halogens is 1. The maximum Gasteiger partial charge on any atom is 0.242 e. The number of hydrogen-bond acceptors (Lipinski definition) is 3. The van der Waals surface area contributed by atoms with Crippen LogP contribution in [0.15, 0.2) is 30.9 Å². The number of benzene rings is 1. The van der Waals surface area contributed by atoms with E-state index in [4.69, 9.17) is 11.6 Å². The molecule has 0 fully saturated rings. The van der Waals surface area contributed by atoms with Crippen LogP contribution in [0.1, 0.15) is 12.5 Å². The van der Waals surface area contributed by atoms with Gasteiger partial charge in [0.25, 0.3) is 0 Å². The fraction of sp³-hybridized carbons (Fsp3) is 0.308. The third-order valence-electron chi connectivity index (χ3n) is 2.78. The summed E-state index contributed by atoms with van der Waals surface area (Å²) in [4.78, 5) is 11.9. The smallest absolute Gasteiger partial charge is 0.242 e. The molecule has 0 spiro atoms. The van der Waals surface area contributed by atoms with Gasteiger partial charge in [-0.25, -0.2) is 8.42 Å². The van der Waals surface area contributed by atoms with E-state index in [9.17, 15) is 13.2 Å². The molecular formula is C13H16ClNO3S. The molecule has 0 saturated carbocycles. The Kier molecular flexibility index (Phi) is 5.14. The van der Waals surface area contributed by atoms with Gasteiger partial charge >= 0.3 is 0 Å². The molecule has 1 unspecified atom stereocenters. The van der Waals surface area contributed by atoms with Crippen LogP contribution in [0, 0.1) is 6.92 Å². The van der Waals surface area contributed by atoms with Crippen LogP contribution >= 0.6 is 11.6 Å². The van der Waals surface area contributed by atoms with Gasteiger partial charge in [-0.1, -0.05) is 23.7 Å². The molecule has 1 amide bonds. The number of sulfone groups is 1. The van der Waals surface area contributed by atoms with E-state index in [0.717, 1.165) is 0 Å². The molecule has 0 aliphatic heterocycles. The first kappa shape index (κ1) is 15.7. The second-order valence-electron chi connectivity index (χ2n) is 4.16. The summed E-state index contributed by atoms with van der Waals surface area (Å²) in [5.41, 5.74) is 1.21. The highest BCUT2D eigenvalue weighted by Gasteiger charge is 2.27. The molecule has 0 heterocycles. The highest BCUT2D eigenvalue weighted by Crippen LogP contribution is 2.23. The molecule has 1 aromatic carbocycles. The third kappa shape index (κ3) is 3.81. The first-order valence-electron chi connectivity index (χ1n) is 5.68. The maximum absolute atomic E-state index is 11.9. The van der Waals surface area contributed by atoms with Crippen molar-refractivity contribution in [3.63, 3.8) is 0 Å². The number of carbonyl (C=O) groups is 1. The normalized spacial score (nSPS) is 12.8. The van der Waals surface area contributed by atoms with Gasteiger partial charge in [-0.05, 0) is 31.5 Å². The Balaban J connectivity index is 2.91. The summed E-state index contributed by atoms with van der Waals surface area (Å²) in [7, 11) is -3.52. The van der Waals surface area contributed by atoms with Crippen LogP contribution in [0.3, 0.4) is 0 Å². The summed E-state index contributed by atoms with van der Waals surface area (Å²) < 4.78 is 23.5. The molecule has 6 heteroatoms. The standard InChI is InChI=1S/C13H16ClNO3S/c1-4-8-19(17,18)10(3)13(16)15-12-7-5-6-11(14)9(12)2/h4-7,10H,1,8H2,2-3H3,(H,15,16). The molecule has 1 atom stereocenters. The molecule has 0 aliphatic rings. The molecule has 0 saturated heterocycles. The fourth-order valence-electron chi connectivity index (χ4n) is 1.45. The zero-order chi connectivity index (χ0) is 14.6. The monoisotopic (exact) mass is 301 g/mol. The van der Waals surface area contributed by atoms with Crippen molar-refractivity contribution in [3.8, 4) is 0 Å². The van der Waals surface area contributed by atoms with E-state index in [2.05, 4.69) is 11.9 Å². The second kappa shape index (κ2) is 6.21. The molecule has 0 aliphatic carbocycles. The highest BCUT2D eigenvalue weighted by atomic mass is 35.5. The maximum atomic E-state index is 11.9. The van der Waals surface area contributed by atoms with E-state index >= 15 is 0 Å². The summed E-state index contributed by atoms with van der Waals surface area (Å²) in [5, 5.41) is 1.96. The van der Waals surface area contributed by atoms with Crippen molar-refractivity contribution in [3.05, 3.63) is 41.4 Å². The summed E-state index contributed by atoms with van der Waals surface area (Å²) in [6.07, 6.45) is 1.27. The highest BCUT2D eigenvalue weighted by molar-refractivity contribution is 7.92. The molecule has 4 nitrogen and oxygen atoms in total. The van der Waals surface area contributed by atoms with Crippen LogP contribution in [0.2, 0.25) is 5.02 Å². The summed E-state index contributed by atoms with van der Waals surface area (Å²) in [5.74, 6) is -0.803. The lowest BCUT2D eigenvalue weighted by Gasteiger charge is -2.14. The Morgan fingerprint density at radius 2 is 2.16 bits per heavy atom. The van der Waals surface area contributed by atoms with Gasteiger partial charge in [-0.2, -0.15) is 0 Å². The van der Waals surface area contributed by atoms with E-state index in [0.29, 0.717) is 16.3 Å². The van der Waals surface area contributed by atoms with E-state index in [-0.39, 0.29) is 5.75 Å². The first-order chi connectivity index (χ1) is 8.79.